The van der Waals surface area contributed by atoms with Crippen LogP contribution in [0.2, 0.25) is 0 Å². The van der Waals surface area contributed by atoms with Crippen molar-refractivity contribution in [1.82, 2.24) is 4.98 Å². The molecule has 6 heteroatoms. The summed E-state index contributed by atoms with van der Waals surface area (Å²) in [6.45, 7) is 2.30. The SMILES string of the molecule is CCc1cc(CN)cc(OCCCC(F)(F)F)n1. The number of hydrogen-bond donors (Lipinski definition) is 1. The fourth-order valence-electron chi connectivity index (χ4n) is 1.44. The van der Waals surface area contributed by atoms with Gasteiger partial charge in [0.25, 0.3) is 0 Å². The Morgan fingerprint density at radius 2 is 2.06 bits per heavy atom. The Labute approximate surface area is 104 Å². The van der Waals surface area contributed by atoms with Crippen LogP contribution < -0.4 is 10.5 Å². The van der Waals surface area contributed by atoms with Crippen molar-refractivity contribution in [2.45, 2.75) is 38.9 Å². The van der Waals surface area contributed by atoms with E-state index in [0.29, 0.717) is 12.4 Å². The highest BCUT2D eigenvalue weighted by atomic mass is 19.4. The first-order chi connectivity index (χ1) is 8.44. The second-order valence-corrected chi connectivity index (χ2v) is 3.93. The summed E-state index contributed by atoms with van der Waals surface area (Å²) in [6.07, 6.45) is -4.32. The van der Waals surface area contributed by atoms with E-state index in [4.69, 9.17) is 10.5 Å². The van der Waals surface area contributed by atoms with E-state index in [-0.39, 0.29) is 13.0 Å². The number of aryl methyl sites for hydroxylation is 1. The molecule has 0 saturated carbocycles. The van der Waals surface area contributed by atoms with Gasteiger partial charge in [-0.3, -0.25) is 0 Å². The van der Waals surface area contributed by atoms with Crippen molar-refractivity contribution < 1.29 is 17.9 Å². The molecule has 3 nitrogen and oxygen atoms in total. The van der Waals surface area contributed by atoms with Gasteiger partial charge in [-0.1, -0.05) is 6.92 Å². The summed E-state index contributed by atoms with van der Waals surface area (Å²) >= 11 is 0. The molecule has 1 heterocycles. The Bertz CT molecular complexity index is 358. The van der Waals surface area contributed by atoms with Crippen LogP contribution in [0.1, 0.15) is 31.0 Å². The van der Waals surface area contributed by atoms with Gasteiger partial charge in [-0.05, 0) is 24.5 Å². The monoisotopic (exact) mass is 262 g/mol. The molecule has 0 unspecified atom stereocenters. The lowest BCUT2D eigenvalue weighted by atomic mass is 10.2. The molecule has 0 aliphatic heterocycles. The van der Waals surface area contributed by atoms with Gasteiger partial charge in [-0.25, -0.2) is 4.98 Å². The molecule has 1 rings (SSSR count). The van der Waals surface area contributed by atoms with E-state index < -0.39 is 12.6 Å². The third-order valence-electron chi connectivity index (χ3n) is 2.37. The van der Waals surface area contributed by atoms with Crippen LogP contribution in [0.4, 0.5) is 13.2 Å². The minimum Gasteiger partial charge on any atom is -0.478 e. The van der Waals surface area contributed by atoms with Gasteiger partial charge < -0.3 is 10.5 Å². The standard InChI is InChI=1S/C12H17F3N2O/c1-2-10-6-9(8-16)7-11(17-10)18-5-3-4-12(13,14)15/h6-7H,2-5,8,16H2,1H3. The molecule has 102 valence electrons. The lowest BCUT2D eigenvalue weighted by Crippen LogP contribution is -2.10. The van der Waals surface area contributed by atoms with E-state index in [0.717, 1.165) is 17.7 Å². The molecule has 0 aromatic carbocycles. The maximum Gasteiger partial charge on any atom is 0.389 e. The smallest absolute Gasteiger partial charge is 0.389 e. The first kappa shape index (κ1) is 14.8. The quantitative estimate of drug-likeness (QED) is 0.802. The molecular formula is C12H17F3N2O. The zero-order valence-electron chi connectivity index (χ0n) is 10.3. The number of halogens is 3. The highest BCUT2D eigenvalue weighted by molar-refractivity contribution is 5.25. The van der Waals surface area contributed by atoms with Crippen molar-refractivity contribution in [3.8, 4) is 5.88 Å². The number of aromatic nitrogens is 1. The zero-order valence-corrected chi connectivity index (χ0v) is 10.3. The first-order valence-corrected chi connectivity index (χ1v) is 5.84. The van der Waals surface area contributed by atoms with E-state index >= 15 is 0 Å². The lowest BCUT2D eigenvalue weighted by molar-refractivity contribution is -0.136. The maximum absolute atomic E-state index is 11.9. The molecule has 1 aromatic rings. The fraction of sp³-hybridized carbons (Fsp3) is 0.583. The molecule has 0 radical (unpaired) electrons. The van der Waals surface area contributed by atoms with E-state index in [9.17, 15) is 13.2 Å². The fourth-order valence-corrected chi connectivity index (χ4v) is 1.44. The van der Waals surface area contributed by atoms with Gasteiger partial charge in [-0.15, -0.1) is 0 Å². The first-order valence-electron chi connectivity index (χ1n) is 5.84. The van der Waals surface area contributed by atoms with Gasteiger partial charge >= 0.3 is 6.18 Å². The molecule has 0 aliphatic rings. The predicted octanol–water partition coefficient (Wildman–Crippen LogP) is 2.82. The van der Waals surface area contributed by atoms with Gasteiger partial charge in [0.1, 0.15) is 0 Å². The Balaban J connectivity index is 2.51. The maximum atomic E-state index is 11.9. The average Bonchev–Trinajstić information content (AvgIpc) is 2.33. The summed E-state index contributed by atoms with van der Waals surface area (Å²) < 4.78 is 41.0. The van der Waals surface area contributed by atoms with Crippen LogP contribution in [0.15, 0.2) is 12.1 Å². The summed E-state index contributed by atoms with van der Waals surface area (Å²) in [4.78, 5) is 4.17. The van der Waals surface area contributed by atoms with Crippen molar-refractivity contribution in [1.29, 1.82) is 0 Å². The van der Waals surface area contributed by atoms with Gasteiger partial charge in [0.15, 0.2) is 0 Å². The van der Waals surface area contributed by atoms with Crippen LogP contribution in [-0.2, 0) is 13.0 Å². The summed E-state index contributed by atoms with van der Waals surface area (Å²) in [5, 5.41) is 0. The topological polar surface area (TPSA) is 48.1 Å². The van der Waals surface area contributed by atoms with Crippen molar-refractivity contribution >= 4 is 0 Å². The highest BCUT2D eigenvalue weighted by Crippen LogP contribution is 2.21. The number of rotatable bonds is 6. The minimum absolute atomic E-state index is 0.00366. The Morgan fingerprint density at radius 1 is 1.33 bits per heavy atom. The Morgan fingerprint density at radius 3 is 2.61 bits per heavy atom. The summed E-state index contributed by atoms with van der Waals surface area (Å²) in [5.41, 5.74) is 7.21. The van der Waals surface area contributed by atoms with Crippen LogP contribution in [0.5, 0.6) is 5.88 Å². The molecule has 1 aromatic heterocycles. The minimum atomic E-state index is -4.13. The van der Waals surface area contributed by atoms with Crippen molar-refractivity contribution in [3.63, 3.8) is 0 Å². The number of nitrogens with zero attached hydrogens (tertiary/aromatic N) is 1. The number of pyridine rings is 1. The summed E-state index contributed by atoms with van der Waals surface area (Å²) in [6, 6.07) is 3.52. The summed E-state index contributed by atoms with van der Waals surface area (Å²) in [7, 11) is 0. The molecule has 0 bridgehead atoms. The number of hydrogen-bond acceptors (Lipinski definition) is 3. The average molecular weight is 262 g/mol. The molecule has 0 aliphatic carbocycles. The number of alkyl halides is 3. The van der Waals surface area contributed by atoms with E-state index in [2.05, 4.69) is 4.98 Å². The molecule has 0 saturated heterocycles. The third kappa shape index (κ3) is 5.35. The lowest BCUT2D eigenvalue weighted by Gasteiger charge is -2.09. The highest BCUT2D eigenvalue weighted by Gasteiger charge is 2.26. The number of ether oxygens (including phenoxy) is 1. The third-order valence-corrected chi connectivity index (χ3v) is 2.37. The molecule has 0 spiro atoms. The van der Waals surface area contributed by atoms with Crippen LogP contribution >= 0.6 is 0 Å². The Hall–Kier alpha value is -1.30. The van der Waals surface area contributed by atoms with E-state index in [1.54, 1.807) is 6.07 Å². The van der Waals surface area contributed by atoms with E-state index in [1.807, 2.05) is 13.0 Å². The van der Waals surface area contributed by atoms with Crippen LogP contribution in [0, 0.1) is 0 Å². The molecule has 0 atom stereocenters. The van der Waals surface area contributed by atoms with Gasteiger partial charge in [-0.2, -0.15) is 13.2 Å². The van der Waals surface area contributed by atoms with Crippen LogP contribution in [0.3, 0.4) is 0 Å². The van der Waals surface area contributed by atoms with E-state index in [1.165, 1.54) is 0 Å². The normalized spacial score (nSPS) is 11.6. The van der Waals surface area contributed by atoms with Crippen LogP contribution in [0.25, 0.3) is 0 Å². The molecule has 0 fully saturated rings. The predicted molar refractivity (Wildman–Crippen MR) is 62.3 cm³/mol. The van der Waals surface area contributed by atoms with Crippen molar-refractivity contribution in [2.75, 3.05) is 6.61 Å². The van der Waals surface area contributed by atoms with Crippen LogP contribution in [-0.4, -0.2) is 17.8 Å². The molecular weight excluding hydrogens is 245 g/mol. The molecule has 2 N–H and O–H groups in total. The number of nitrogens with two attached hydrogens (primary N) is 1. The largest absolute Gasteiger partial charge is 0.478 e. The second kappa shape index (κ2) is 6.58. The van der Waals surface area contributed by atoms with Crippen molar-refractivity contribution in [2.24, 2.45) is 5.73 Å². The molecule has 18 heavy (non-hydrogen) atoms. The van der Waals surface area contributed by atoms with Gasteiger partial charge in [0, 0.05) is 24.7 Å². The summed E-state index contributed by atoms with van der Waals surface area (Å²) in [5.74, 6) is 0.344. The van der Waals surface area contributed by atoms with Gasteiger partial charge in [0.2, 0.25) is 5.88 Å². The zero-order chi connectivity index (χ0) is 13.6. The van der Waals surface area contributed by atoms with Gasteiger partial charge in [0.05, 0.1) is 6.61 Å². The Kier molecular flexibility index (Phi) is 5.40. The van der Waals surface area contributed by atoms with Crippen molar-refractivity contribution in [3.05, 3.63) is 23.4 Å². The second-order valence-electron chi connectivity index (χ2n) is 3.93. The molecule has 0 amide bonds.